The van der Waals surface area contributed by atoms with Crippen molar-refractivity contribution >= 4 is 21.6 Å². The van der Waals surface area contributed by atoms with Gasteiger partial charge in [-0.15, -0.1) is 0 Å². The summed E-state index contributed by atoms with van der Waals surface area (Å²) in [6, 6.07) is 7.89. The molecular weight excluding hydrogens is 300 g/mol. The number of rotatable bonds is 5. The monoisotopic (exact) mass is 324 g/mol. The average molecular weight is 325 g/mol. The van der Waals surface area contributed by atoms with Crippen molar-refractivity contribution in [2.45, 2.75) is 51.6 Å². The van der Waals surface area contributed by atoms with E-state index in [-0.39, 0.29) is 0 Å². The minimum absolute atomic E-state index is 0.394. The fourth-order valence-electron chi connectivity index (χ4n) is 3.01. The molecule has 2 nitrogen and oxygen atoms in total. The number of nitrogens with one attached hydrogen (secondary N) is 1. The highest BCUT2D eigenvalue weighted by Gasteiger charge is 2.20. The fourth-order valence-corrected chi connectivity index (χ4v) is 3.72. The number of hydrogen-bond acceptors (Lipinski definition) is 2. The molecule has 2 rings (SSSR count). The first-order valence-corrected chi connectivity index (χ1v) is 8.18. The van der Waals surface area contributed by atoms with E-state index in [9.17, 15) is 0 Å². The molecule has 19 heavy (non-hydrogen) atoms. The molecule has 0 radical (unpaired) electrons. The van der Waals surface area contributed by atoms with Crippen LogP contribution in [0.4, 0.5) is 5.69 Å². The van der Waals surface area contributed by atoms with Crippen molar-refractivity contribution < 1.29 is 0 Å². The summed E-state index contributed by atoms with van der Waals surface area (Å²) in [4.78, 5) is 2.44. The summed E-state index contributed by atoms with van der Waals surface area (Å²) < 4.78 is 1.21. The summed E-state index contributed by atoms with van der Waals surface area (Å²) >= 11 is 3.73. The van der Waals surface area contributed by atoms with E-state index in [0.717, 1.165) is 12.6 Å². The van der Waals surface area contributed by atoms with Gasteiger partial charge >= 0.3 is 0 Å². The normalized spacial score (nSPS) is 17.7. The summed E-state index contributed by atoms with van der Waals surface area (Å²) in [6.45, 7) is 5.36. The van der Waals surface area contributed by atoms with Gasteiger partial charge in [-0.25, -0.2) is 0 Å². The quantitative estimate of drug-likeness (QED) is 0.857. The van der Waals surface area contributed by atoms with Crippen molar-refractivity contribution in [1.29, 1.82) is 0 Å². The second kappa shape index (κ2) is 6.76. The Bertz CT molecular complexity index is 413. The van der Waals surface area contributed by atoms with Crippen LogP contribution in [-0.4, -0.2) is 19.6 Å². The fraction of sp³-hybridized carbons (Fsp3) is 0.625. The van der Waals surface area contributed by atoms with E-state index in [2.05, 4.69) is 65.2 Å². The number of halogens is 1. The Balaban J connectivity index is 2.13. The molecular formula is C16H25BrN2. The Morgan fingerprint density at radius 2 is 2.05 bits per heavy atom. The molecule has 1 saturated carbocycles. The van der Waals surface area contributed by atoms with Crippen molar-refractivity contribution in [2.24, 2.45) is 0 Å². The third-order valence-corrected chi connectivity index (χ3v) is 4.93. The van der Waals surface area contributed by atoms with Crippen LogP contribution < -0.4 is 10.2 Å². The van der Waals surface area contributed by atoms with E-state index in [1.54, 1.807) is 0 Å². The second-order valence-electron chi connectivity index (χ2n) is 5.53. The van der Waals surface area contributed by atoms with E-state index in [4.69, 9.17) is 0 Å². The highest BCUT2D eigenvalue weighted by molar-refractivity contribution is 9.10. The first-order chi connectivity index (χ1) is 9.13. The van der Waals surface area contributed by atoms with Crippen molar-refractivity contribution in [3.05, 3.63) is 28.2 Å². The van der Waals surface area contributed by atoms with Gasteiger partial charge in [-0.1, -0.05) is 41.8 Å². The molecule has 0 saturated heterocycles. The van der Waals surface area contributed by atoms with Gasteiger partial charge in [-0.05, 0) is 44.0 Å². The van der Waals surface area contributed by atoms with Crippen molar-refractivity contribution in [2.75, 3.05) is 18.5 Å². The molecule has 3 heteroatoms. The maximum Gasteiger partial charge on any atom is 0.0377 e. The van der Waals surface area contributed by atoms with Gasteiger partial charge in [0, 0.05) is 29.3 Å². The summed E-state index contributed by atoms with van der Waals surface area (Å²) in [5.41, 5.74) is 2.66. The Morgan fingerprint density at radius 1 is 1.37 bits per heavy atom. The Morgan fingerprint density at radius 3 is 2.63 bits per heavy atom. The molecule has 1 unspecified atom stereocenters. The number of hydrogen-bond donors (Lipinski definition) is 1. The summed E-state index contributed by atoms with van der Waals surface area (Å²) in [5, 5.41) is 3.46. The maximum absolute atomic E-state index is 3.73. The minimum atomic E-state index is 0.394. The van der Waals surface area contributed by atoms with E-state index < -0.39 is 0 Å². The van der Waals surface area contributed by atoms with Crippen LogP contribution in [0.2, 0.25) is 0 Å². The first kappa shape index (κ1) is 14.9. The van der Waals surface area contributed by atoms with Gasteiger partial charge in [-0.3, -0.25) is 0 Å². The van der Waals surface area contributed by atoms with Crippen molar-refractivity contribution in [3.8, 4) is 0 Å². The number of anilines is 1. The zero-order valence-electron chi connectivity index (χ0n) is 12.2. The Labute approximate surface area is 125 Å². The average Bonchev–Trinajstić information content (AvgIpc) is 2.91. The van der Waals surface area contributed by atoms with Crippen LogP contribution in [0.15, 0.2) is 22.7 Å². The first-order valence-electron chi connectivity index (χ1n) is 7.39. The summed E-state index contributed by atoms with van der Waals surface area (Å²) in [6.07, 6.45) is 5.44. The lowest BCUT2D eigenvalue weighted by Crippen LogP contribution is -2.28. The minimum Gasteiger partial charge on any atom is -0.372 e. The molecule has 1 aromatic carbocycles. The highest BCUT2D eigenvalue weighted by Crippen LogP contribution is 2.31. The Hall–Kier alpha value is -0.540. The predicted octanol–water partition coefficient (Wildman–Crippen LogP) is 4.50. The van der Waals surface area contributed by atoms with Gasteiger partial charge in [0.2, 0.25) is 0 Å². The second-order valence-corrected chi connectivity index (χ2v) is 6.39. The van der Waals surface area contributed by atoms with Crippen molar-refractivity contribution in [3.63, 3.8) is 0 Å². The van der Waals surface area contributed by atoms with Crippen LogP contribution >= 0.6 is 15.9 Å². The lowest BCUT2D eigenvalue weighted by molar-refractivity contribution is 0.595. The summed E-state index contributed by atoms with van der Waals surface area (Å²) in [7, 11) is 2.23. The molecule has 106 valence electrons. The largest absolute Gasteiger partial charge is 0.372 e. The number of benzene rings is 1. The van der Waals surface area contributed by atoms with Gasteiger partial charge in [-0.2, -0.15) is 0 Å². The zero-order chi connectivity index (χ0) is 13.8. The summed E-state index contributed by atoms with van der Waals surface area (Å²) in [5.74, 6) is 0. The van der Waals surface area contributed by atoms with E-state index in [1.807, 2.05) is 0 Å². The lowest BCUT2D eigenvalue weighted by atomic mass is 10.1. The molecule has 1 aliphatic carbocycles. The molecule has 1 atom stereocenters. The topological polar surface area (TPSA) is 15.3 Å². The van der Waals surface area contributed by atoms with E-state index in [0.29, 0.717) is 6.04 Å². The maximum atomic E-state index is 3.73. The molecule has 0 aliphatic heterocycles. The molecule has 0 bridgehead atoms. The molecule has 0 amide bonds. The molecule has 1 aliphatic rings. The smallest absolute Gasteiger partial charge is 0.0377 e. The third-order valence-electron chi connectivity index (χ3n) is 4.24. The van der Waals surface area contributed by atoms with E-state index >= 15 is 0 Å². The molecule has 0 spiro atoms. The standard InChI is InChI=1S/C16H25BrN2/c1-4-18-12(2)15-10-9-14(11-16(15)17)19(3)13-7-5-6-8-13/h9-13,18H,4-8H2,1-3H3. The van der Waals surface area contributed by atoms with Gasteiger partial charge < -0.3 is 10.2 Å². The van der Waals surface area contributed by atoms with Gasteiger partial charge in [0.1, 0.15) is 0 Å². The van der Waals surface area contributed by atoms with Gasteiger partial charge in [0.15, 0.2) is 0 Å². The Kier molecular flexibility index (Phi) is 5.28. The van der Waals surface area contributed by atoms with Crippen LogP contribution in [0.3, 0.4) is 0 Å². The highest BCUT2D eigenvalue weighted by atomic mass is 79.9. The molecule has 1 aromatic rings. The zero-order valence-corrected chi connectivity index (χ0v) is 13.8. The van der Waals surface area contributed by atoms with Crippen LogP contribution in [0.25, 0.3) is 0 Å². The third kappa shape index (κ3) is 3.51. The predicted molar refractivity (Wildman–Crippen MR) is 86.9 cm³/mol. The van der Waals surface area contributed by atoms with Crippen molar-refractivity contribution in [1.82, 2.24) is 5.32 Å². The van der Waals surface area contributed by atoms with Crippen LogP contribution in [0, 0.1) is 0 Å². The van der Waals surface area contributed by atoms with Crippen LogP contribution in [0.1, 0.15) is 51.1 Å². The van der Waals surface area contributed by atoms with Gasteiger partial charge in [0.25, 0.3) is 0 Å². The SMILES string of the molecule is CCNC(C)c1ccc(N(C)C2CCCC2)cc1Br. The molecule has 0 heterocycles. The lowest BCUT2D eigenvalue weighted by Gasteiger charge is -2.27. The molecule has 1 fully saturated rings. The number of nitrogens with zero attached hydrogens (tertiary/aromatic N) is 1. The van der Waals surface area contributed by atoms with Crippen LogP contribution in [0.5, 0.6) is 0 Å². The molecule has 0 aromatic heterocycles. The molecule has 1 N–H and O–H groups in total. The van der Waals surface area contributed by atoms with Gasteiger partial charge in [0.05, 0.1) is 0 Å². The van der Waals surface area contributed by atoms with E-state index in [1.165, 1.54) is 41.4 Å². The van der Waals surface area contributed by atoms with Crippen LogP contribution in [-0.2, 0) is 0 Å².